The molecule has 0 spiro atoms. The van der Waals surface area contributed by atoms with Crippen molar-refractivity contribution in [3.05, 3.63) is 94.5 Å². The number of carbonyl (C=O) groups is 2. The minimum Gasteiger partial charge on any atom is -0.355 e. The van der Waals surface area contributed by atoms with Gasteiger partial charge in [0, 0.05) is 22.4 Å². The van der Waals surface area contributed by atoms with Gasteiger partial charge in [-0.15, -0.1) is 0 Å². The molecule has 1 aliphatic rings. The quantitative estimate of drug-likeness (QED) is 0.603. The van der Waals surface area contributed by atoms with Crippen LogP contribution in [0.25, 0.3) is 0 Å². The monoisotopic (exact) mass is 324 g/mol. The van der Waals surface area contributed by atoms with Crippen LogP contribution in [0.3, 0.4) is 0 Å². The van der Waals surface area contributed by atoms with Crippen molar-refractivity contribution in [1.29, 1.82) is 5.26 Å². The highest BCUT2D eigenvalue weighted by atomic mass is 16.1. The highest BCUT2D eigenvalue weighted by molar-refractivity contribution is 6.30. The molecule has 0 bridgehead atoms. The van der Waals surface area contributed by atoms with Crippen molar-refractivity contribution in [2.45, 2.75) is 0 Å². The number of hydrogen-bond donors (Lipinski definition) is 1. The van der Waals surface area contributed by atoms with E-state index in [9.17, 15) is 9.59 Å². The first-order chi connectivity index (χ1) is 12.2. The number of nitrogens with one attached hydrogen (secondary N) is 1. The summed E-state index contributed by atoms with van der Waals surface area (Å²) < 4.78 is 0. The van der Waals surface area contributed by atoms with E-state index >= 15 is 0 Å². The van der Waals surface area contributed by atoms with Crippen LogP contribution >= 0.6 is 0 Å². The SMILES string of the molecule is N#Cc1ccc(Nc2cccc3c2C(=O)c2ccccc2C3=O)cc1. The first kappa shape index (κ1) is 14.9. The van der Waals surface area contributed by atoms with Gasteiger partial charge in [0.25, 0.3) is 0 Å². The molecule has 1 N–H and O–H groups in total. The summed E-state index contributed by atoms with van der Waals surface area (Å²) in [7, 11) is 0. The van der Waals surface area contributed by atoms with Crippen LogP contribution in [0.2, 0.25) is 0 Å². The van der Waals surface area contributed by atoms with Gasteiger partial charge in [-0.25, -0.2) is 0 Å². The van der Waals surface area contributed by atoms with E-state index in [0.29, 0.717) is 33.5 Å². The molecule has 0 atom stereocenters. The molecular weight excluding hydrogens is 312 g/mol. The third kappa shape index (κ3) is 2.39. The molecule has 0 radical (unpaired) electrons. The second-order valence-corrected chi connectivity index (χ2v) is 5.75. The smallest absolute Gasteiger partial charge is 0.196 e. The Hall–Kier alpha value is -3.71. The topological polar surface area (TPSA) is 70.0 Å². The molecule has 118 valence electrons. The molecule has 4 heteroatoms. The first-order valence-electron chi connectivity index (χ1n) is 7.77. The summed E-state index contributed by atoms with van der Waals surface area (Å²) in [6.45, 7) is 0. The zero-order valence-corrected chi connectivity index (χ0v) is 13.1. The summed E-state index contributed by atoms with van der Waals surface area (Å²) in [5, 5.41) is 12.1. The number of benzene rings is 3. The van der Waals surface area contributed by atoms with E-state index in [-0.39, 0.29) is 11.6 Å². The normalized spacial score (nSPS) is 12.1. The summed E-state index contributed by atoms with van der Waals surface area (Å²) in [4.78, 5) is 25.7. The van der Waals surface area contributed by atoms with Crippen molar-refractivity contribution in [3.63, 3.8) is 0 Å². The predicted octanol–water partition coefficient (Wildman–Crippen LogP) is 4.08. The van der Waals surface area contributed by atoms with E-state index in [1.807, 2.05) is 0 Å². The van der Waals surface area contributed by atoms with Crippen molar-refractivity contribution in [2.24, 2.45) is 0 Å². The van der Waals surface area contributed by atoms with Crippen LogP contribution < -0.4 is 5.32 Å². The molecular formula is C21H12N2O2. The lowest BCUT2D eigenvalue weighted by Crippen LogP contribution is -2.22. The van der Waals surface area contributed by atoms with Crippen LogP contribution in [-0.2, 0) is 0 Å². The van der Waals surface area contributed by atoms with E-state index in [1.54, 1.807) is 66.7 Å². The van der Waals surface area contributed by atoms with Crippen molar-refractivity contribution < 1.29 is 9.59 Å². The fraction of sp³-hybridized carbons (Fsp3) is 0. The predicted molar refractivity (Wildman–Crippen MR) is 94.2 cm³/mol. The van der Waals surface area contributed by atoms with E-state index in [1.165, 1.54) is 0 Å². The molecule has 0 fully saturated rings. The zero-order chi connectivity index (χ0) is 17.4. The Labute approximate surface area is 144 Å². The van der Waals surface area contributed by atoms with Crippen molar-refractivity contribution in [3.8, 4) is 6.07 Å². The molecule has 0 aliphatic heterocycles. The largest absolute Gasteiger partial charge is 0.355 e. The van der Waals surface area contributed by atoms with E-state index < -0.39 is 0 Å². The lowest BCUT2D eigenvalue weighted by atomic mass is 9.83. The summed E-state index contributed by atoms with van der Waals surface area (Å²) in [5.41, 5.74) is 3.53. The second-order valence-electron chi connectivity index (χ2n) is 5.75. The molecule has 4 nitrogen and oxygen atoms in total. The summed E-state index contributed by atoms with van der Waals surface area (Å²) >= 11 is 0. The molecule has 0 aromatic heterocycles. The van der Waals surface area contributed by atoms with Gasteiger partial charge >= 0.3 is 0 Å². The third-order valence-corrected chi connectivity index (χ3v) is 4.25. The number of carbonyl (C=O) groups excluding carboxylic acids is 2. The number of anilines is 2. The zero-order valence-electron chi connectivity index (χ0n) is 13.1. The molecule has 4 rings (SSSR count). The van der Waals surface area contributed by atoms with Crippen LogP contribution in [0.15, 0.2) is 66.7 Å². The molecule has 3 aromatic rings. The van der Waals surface area contributed by atoms with Gasteiger partial charge < -0.3 is 5.32 Å². The molecule has 25 heavy (non-hydrogen) atoms. The van der Waals surface area contributed by atoms with Gasteiger partial charge in [-0.1, -0.05) is 36.4 Å². The number of nitrogens with zero attached hydrogens (tertiary/aromatic N) is 1. The molecule has 0 unspecified atom stereocenters. The Morgan fingerprint density at radius 3 is 2.04 bits per heavy atom. The highest BCUT2D eigenvalue weighted by Crippen LogP contribution is 2.33. The average molecular weight is 324 g/mol. The molecule has 0 heterocycles. The Balaban J connectivity index is 1.80. The minimum atomic E-state index is -0.165. The number of nitriles is 1. The second kappa shape index (κ2) is 5.73. The van der Waals surface area contributed by atoms with Crippen LogP contribution in [0.4, 0.5) is 11.4 Å². The Morgan fingerprint density at radius 1 is 0.720 bits per heavy atom. The maximum Gasteiger partial charge on any atom is 0.196 e. The van der Waals surface area contributed by atoms with Crippen LogP contribution in [0.5, 0.6) is 0 Å². The third-order valence-electron chi connectivity index (χ3n) is 4.25. The van der Waals surface area contributed by atoms with Crippen molar-refractivity contribution in [1.82, 2.24) is 0 Å². The Bertz CT molecular complexity index is 1060. The van der Waals surface area contributed by atoms with Crippen LogP contribution in [0, 0.1) is 11.3 Å². The molecule has 0 saturated carbocycles. The molecule has 0 saturated heterocycles. The summed E-state index contributed by atoms with van der Waals surface area (Å²) in [6, 6.07) is 21.1. The van der Waals surface area contributed by atoms with Gasteiger partial charge in [0.15, 0.2) is 11.6 Å². The minimum absolute atomic E-state index is 0.145. The van der Waals surface area contributed by atoms with E-state index in [4.69, 9.17) is 5.26 Å². The van der Waals surface area contributed by atoms with Gasteiger partial charge in [0.1, 0.15) is 0 Å². The van der Waals surface area contributed by atoms with Gasteiger partial charge in [-0.2, -0.15) is 5.26 Å². The summed E-state index contributed by atoms with van der Waals surface area (Å²) in [6.07, 6.45) is 0. The van der Waals surface area contributed by atoms with Gasteiger partial charge in [0.2, 0.25) is 0 Å². The Morgan fingerprint density at radius 2 is 1.36 bits per heavy atom. The summed E-state index contributed by atoms with van der Waals surface area (Å²) in [5.74, 6) is -0.310. The van der Waals surface area contributed by atoms with Crippen molar-refractivity contribution in [2.75, 3.05) is 5.32 Å². The fourth-order valence-corrected chi connectivity index (χ4v) is 3.03. The molecule has 1 aliphatic carbocycles. The van der Waals surface area contributed by atoms with Gasteiger partial charge in [-0.05, 0) is 30.3 Å². The number of hydrogen-bond acceptors (Lipinski definition) is 4. The maximum atomic E-state index is 12.9. The number of ketones is 2. The number of fused-ring (bicyclic) bond motifs is 2. The van der Waals surface area contributed by atoms with Gasteiger partial charge in [0.05, 0.1) is 22.9 Å². The molecule has 0 amide bonds. The average Bonchev–Trinajstić information content (AvgIpc) is 2.66. The maximum absolute atomic E-state index is 12.9. The van der Waals surface area contributed by atoms with Gasteiger partial charge in [-0.3, -0.25) is 9.59 Å². The number of rotatable bonds is 2. The van der Waals surface area contributed by atoms with E-state index in [2.05, 4.69) is 11.4 Å². The molecule has 3 aromatic carbocycles. The van der Waals surface area contributed by atoms with Crippen LogP contribution in [0.1, 0.15) is 37.4 Å². The van der Waals surface area contributed by atoms with Crippen LogP contribution in [-0.4, -0.2) is 11.6 Å². The standard InChI is InChI=1S/C21H12N2O2/c22-12-13-8-10-14(11-9-13)23-18-7-3-6-17-19(18)21(25)16-5-2-1-4-15(16)20(17)24/h1-11,23H. The fourth-order valence-electron chi connectivity index (χ4n) is 3.03. The highest BCUT2D eigenvalue weighted by Gasteiger charge is 2.31. The Kier molecular flexibility index (Phi) is 3.41. The van der Waals surface area contributed by atoms with Crippen molar-refractivity contribution >= 4 is 22.9 Å². The lowest BCUT2D eigenvalue weighted by Gasteiger charge is -2.20. The first-order valence-corrected chi connectivity index (χ1v) is 7.77. The lowest BCUT2D eigenvalue weighted by molar-refractivity contribution is 0.0979. The van der Waals surface area contributed by atoms with E-state index in [0.717, 1.165) is 5.69 Å².